The fourth-order valence-corrected chi connectivity index (χ4v) is 3.12. The molecule has 0 aliphatic heterocycles. The van der Waals surface area contributed by atoms with Gasteiger partial charge in [-0.05, 0) is 49.2 Å². The third-order valence-electron chi connectivity index (χ3n) is 4.75. The lowest BCUT2D eigenvalue weighted by molar-refractivity contribution is 0.222. The van der Waals surface area contributed by atoms with Crippen LogP contribution in [-0.2, 0) is 13.1 Å². The summed E-state index contributed by atoms with van der Waals surface area (Å²) in [4.78, 5) is 13.3. The number of hydrogen-bond donors (Lipinski definition) is 2. The number of aromatic nitrogens is 3. The standard InChI is InChI=1S/C24H31N5O5/c1-15(2)34-24-28-22(25-13-16-7-9-18(30-3)20(11-16)32-5)27-23(29-24)26-14-17-8-10-19(31-4)21(12-17)33-6/h7-12,15H,13-14H2,1-6H3,(H2,25,26,27,28,29). The van der Waals surface area contributed by atoms with Crippen LogP contribution < -0.4 is 34.3 Å². The molecule has 0 aliphatic rings. The average molecular weight is 470 g/mol. The normalized spacial score (nSPS) is 10.6. The van der Waals surface area contributed by atoms with Gasteiger partial charge < -0.3 is 34.3 Å². The Morgan fingerprint density at radius 2 is 1.09 bits per heavy atom. The molecule has 0 saturated carbocycles. The van der Waals surface area contributed by atoms with Crippen LogP contribution in [0.4, 0.5) is 11.9 Å². The predicted molar refractivity (Wildman–Crippen MR) is 129 cm³/mol. The molecule has 0 aliphatic carbocycles. The van der Waals surface area contributed by atoms with Crippen LogP contribution in [0.5, 0.6) is 29.0 Å². The van der Waals surface area contributed by atoms with E-state index >= 15 is 0 Å². The minimum Gasteiger partial charge on any atom is -0.493 e. The molecule has 3 aromatic rings. The molecule has 34 heavy (non-hydrogen) atoms. The molecule has 0 saturated heterocycles. The third kappa shape index (κ3) is 6.53. The fourth-order valence-electron chi connectivity index (χ4n) is 3.12. The van der Waals surface area contributed by atoms with Gasteiger partial charge in [0, 0.05) is 13.1 Å². The highest BCUT2D eigenvalue weighted by Gasteiger charge is 2.11. The Labute approximate surface area is 199 Å². The molecule has 0 spiro atoms. The Morgan fingerprint density at radius 3 is 1.47 bits per heavy atom. The molecule has 1 aromatic heterocycles. The van der Waals surface area contributed by atoms with Gasteiger partial charge in [0.2, 0.25) is 11.9 Å². The van der Waals surface area contributed by atoms with Crippen LogP contribution in [0.3, 0.4) is 0 Å². The first-order chi connectivity index (χ1) is 16.4. The zero-order valence-electron chi connectivity index (χ0n) is 20.3. The lowest BCUT2D eigenvalue weighted by Crippen LogP contribution is -2.14. The number of nitrogens with one attached hydrogen (secondary N) is 2. The topological polar surface area (TPSA) is 109 Å². The van der Waals surface area contributed by atoms with Crippen LogP contribution in [0.2, 0.25) is 0 Å². The van der Waals surface area contributed by atoms with E-state index in [0.29, 0.717) is 48.0 Å². The van der Waals surface area contributed by atoms with Crippen molar-refractivity contribution in [2.45, 2.75) is 33.0 Å². The van der Waals surface area contributed by atoms with Gasteiger partial charge in [0.25, 0.3) is 0 Å². The van der Waals surface area contributed by atoms with Crippen LogP contribution in [-0.4, -0.2) is 49.5 Å². The molecule has 2 N–H and O–H groups in total. The van der Waals surface area contributed by atoms with E-state index in [-0.39, 0.29) is 12.1 Å². The number of ether oxygens (including phenoxy) is 5. The maximum atomic E-state index is 5.72. The van der Waals surface area contributed by atoms with E-state index in [1.54, 1.807) is 28.4 Å². The molecular weight excluding hydrogens is 438 g/mol. The average Bonchev–Trinajstić information content (AvgIpc) is 2.85. The first kappa shape index (κ1) is 24.7. The second-order valence-corrected chi connectivity index (χ2v) is 7.52. The van der Waals surface area contributed by atoms with E-state index in [1.807, 2.05) is 50.2 Å². The minimum absolute atomic E-state index is 0.0835. The summed E-state index contributed by atoms with van der Waals surface area (Å²) in [5, 5.41) is 6.44. The molecule has 0 bridgehead atoms. The van der Waals surface area contributed by atoms with Gasteiger partial charge in [0.1, 0.15) is 0 Å². The van der Waals surface area contributed by atoms with Crippen molar-refractivity contribution in [2.75, 3.05) is 39.1 Å². The van der Waals surface area contributed by atoms with Gasteiger partial charge in [0.15, 0.2) is 23.0 Å². The zero-order chi connectivity index (χ0) is 24.5. The van der Waals surface area contributed by atoms with E-state index in [0.717, 1.165) is 11.1 Å². The Morgan fingerprint density at radius 1 is 0.647 bits per heavy atom. The number of nitrogens with zero attached hydrogens (tertiary/aromatic N) is 3. The van der Waals surface area contributed by atoms with Crippen molar-refractivity contribution in [1.29, 1.82) is 0 Å². The number of hydrogen-bond acceptors (Lipinski definition) is 10. The zero-order valence-corrected chi connectivity index (χ0v) is 20.3. The molecule has 0 amide bonds. The van der Waals surface area contributed by atoms with E-state index in [9.17, 15) is 0 Å². The van der Waals surface area contributed by atoms with Gasteiger partial charge in [-0.15, -0.1) is 0 Å². The largest absolute Gasteiger partial charge is 0.493 e. The van der Waals surface area contributed by atoms with E-state index in [1.165, 1.54) is 0 Å². The lowest BCUT2D eigenvalue weighted by Gasteiger charge is -2.14. The van der Waals surface area contributed by atoms with E-state index in [2.05, 4.69) is 25.6 Å². The predicted octanol–water partition coefficient (Wildman–Crippen LogP) is 3.92. The smallest absolute Gasteiger partial charge is 0.323 e. The highest BCUT2D eigenvalue weighted by molar-refractivity contribution is 5.46. The number of methoxy groups -OCH3 is 4. The third-order valence-corrected chi connectivity index (χ3v) is 4.75. The summed E-state index contributed by atoms with van der Waals surface area (Å²) >= 11 is 0. The summed E-state index contributed by atoms with van der Waals surface area (Å²) in [6.45, 7) is 4.77. The van der Waals surface area contributed by atoms with E-state index < -0.39 is 0 Å². The van der Waals surface area contributed by atoms with Crippen molar-refractivity contribution < 1.29 is 23.7 Å². The Hall–Kier alpha value is -3.95. The second kappa shape index (κ2) is 11.8. The molecule has 0 atom stereocenters. The molecule has 10 heteroatoms. The Bertz CT molecular complexity index is 1020. The van der Waals surface area contributed by atoms with Crippen LogP contribution in [0, 0.1) is 0 Å². The molecule has 2 aromatic carbocycles. The Balaban J connectivity index is 1.75. The summed E-state index contributed by atoms with van der Waals surface area (Å²) < 4.78 is 27.1. The minimum atomic E-state index is -0.0835. The molecule has 182 valence electrons. The van der Waals surface area contributed by atoms with Crippen LogP contribution in [0.1, 0.15) is 25.0 Å². The fraction of sp³-hybridized carbons (Fsp3) is 0.375. The highest BCUT2D eigenvalue weighted by atomic mass is 16.5. The van der Waals surface area contributed by atoms with E-state index in [4.69, 9.17) is 23.7 Å². The molecule has 0 unspecified atom stereocenters. The number of anilines is 2. The van der Waals surface area contributed by atoms with Crippen molar-refractivity contribution in [3.05, 3.63) is 47.5 Å². The molecule has 3 rings (SSSR count). The molecule has 0 fully saturated rings. The monoisotopic (exact) mass is 469 g/mol. The van der Waals surface area contributed by atoms with Crippen molar-refractivity contribution in [1.82, 2.24) is 15.0 Å². The quantitative estimate of drug-likeness (QED) is 0.405. The summed E-state index contributed by atoms with van der Waals surface area (Å²) in [7, 11) is 6.42. The van der Waals surface area contributed by atoms with Gasteiger partial charge >= 0.3 is 6.01 Å². The van der Waals surface area contributed by atoms with Crippen LogP contribution >= 0.6 is 0 Å². The number of rotatable bonds is 12. The van der Waals surface area contributed by atoms with Gasteiger partial charge in [0.05, 0.1) is 34.5 Å². The second-order valence-electron chi connectivity index (χ2n) is 7.52. The van der Waals surface area contributed by atoms with Crippen molar-refractivity contribution in [3.63, 3.8) is 0 Å². The van der Waals surface area contributed by atoms with Gasteiger partial charge in [-0.25, -0.2) is 0 Å². The van der Waals surface area contributed by atoms with Gasteiger partial charge in [-0.3, -0.25) is 0 Å². The van der Waals surface area contributed by atoms with Crippen molar-refractivity contribution >= 4 is 11.9 Å². The maximum Gasteiger partial charge on any atom is 0.323 e. The summed E-state index contributed by atoms with van der Waals surface area (Å²) in [5.74, 6) is 3.41. The van der Waals surface area contributed by atoms with Crippen molar-refractivity contribution in [2.24, 2.45) is 0 Å². The lowest BCUT2D eigenvalue weighted by atomic mass is 10.2. The maximum absolute atomic E-state index is 5.72. The number of benzene rings is 2. The van der Waals surface area contributed by atoms with Gasteiger partial charge in [-0.2, -0.15) is 15.0 Å². The molecule has 1 heterocycles. The summed E-state index contributed by atoms with van der Waals surface area (Å²) in [6.07, 6.45) is -0.0835. The SMILES string of the molecule is COc1ccc(CNc2nc(NCc3ccc(OC)c(OC)c3)nc(OC(C)C)n2)cc1OC. The molecular formula is C24H31N5O5. The highest BCUT2D eigenvalue weighted by Crippen LogP contribution is 2.29. The Kier molecular flexibility index (Phi) is 8.55. The molecule has 10 nitrogen and oxygen atoms in total. The first-order valence-corrected chi connectivity index (χ1v) is 10.8. The van der Waals surface area contributed by atoms with Gasteiger partial charge in [-0.1, -0.05) is 12.1 Å². The summed E-state index contributed by atoms with van der Waals surface area (Å²) in [5.41, 5.74) is 1.95. The molecule has 0 radical (unpaired) electrons. The van der Waals surface area contributed by atoms with Crippen LogP contribution in [0.15, 0.2) is 36.4 Å². The first-order valence-electron chi connectivity index (χ1n) is 10.8. The van der Waals surface area contributed by atoms with Crippen molar-refractivity contribution in [3.8, 4) is 29.0 Å². The summed E-state index contributed by atoms with van der Waals surface area (Å²) in [6, 6.07) is 11.6. The van der Waals surface area contributed by atoms with Crippen LogP contribution in [0.25, 0.3) is 0 Å².